The van der Waals surface area contributed by atoms with Gasteiger partial charge in [-0.25, -0.2) is 0 Å². The van der Waals surface area contributed by atoms with E-state index >= 15 is 0 Å². The Bertz CT molecular complexity index is 326. The van der Waals surface area contributed by atoms with Crippen molar-refractivity contribution >= 4 is 22.9 Å². The van der Waals surface area contributed by atoms with E-state index in [1.165, 1.54) is 0 Å². The minimum atomic E-state index is -0.0881. The van der Waals surface area contributed by atoms with Gasteiger partial charge >= 0.3 is 0 Å². The fourth-order valence-electron chi connectivity index (χ4n) is 1.67. The first-order chi connectivity index (χ1) is 7.31. The molecule has 2 N–H and O–H groups in total. The Morgan fingerprint density at radius 1 is 1.60 bits per heavy atom. The molecule has 5 heteroatoms. The van der Waals surface area contributed by atoms with Crippen LogP contribution in [0.2, 0.25) is 0 Å². The highest BCUT2D eigenvalue weighted by Gasteiger charge is 2.32. The molecule has 1 amide bonds. The van der Waals surface area contributed by atoms with Gasteiger partial charge in [-0.15, -0.1) is 0 Å². The van der Waals surface area contributed by atoms with E-state index < -0.39 is 0 Å². The molecule has 2 heterocycles. The summed E-state index contributed by atoms with van der Waals surface area (Å²) in [7, 11) is 1.85. The molecular weight excluding hydrogens is 212 g/mol. The Morgan fingerprint density at radius 2 is 2.47 bits per heavy atom. The number of thiophene rings is 1. The number of nitrogens with one attached hydrogen (secondary N) is 2. The van der Waals surface area contributed by atoms with Crippen LogP contribution in [0.3, 0.4) is 0 Å². The average molecular weight is 226 g/mol. The van der Waals surface area contributed by atoms with Gasteiger partial charge in [0.25, 0.3) is 0 Å². The maximum absolute atomic E-state index is 11.9. The van der Waals surface area contributed by atoms with E-state index in [2.05, 4.69) is 10.6 Å². The van der Waals surface area contributed by atoms with Crippen molar-refractivity contribution < 1.29 is 9.53 Å². The van der Waals surface area contributed by atoms with Crippen LogP contribution in [0.1, 0.15) is 0 Å². The van der Waals surface area contributed by atoms with Gasteiger partial charge in [-0.2, -0.15) is 11.3 Å². The molecule has 1 aliphatic heterocycles. The van der Waals surface area contributed by atoms with Crippen LogP contribution in [0.25, 0.3) is 0 Å². The lowest BCUT2D eigenvalue weighted by Gasteiger charge is -2.15. The van der Waals surface area contributed by atoms with Crippen molar-refractivity contribution in [2.24, 2.45) is 5.92 Å². The number of hydrogen-bond acceptors (Lipinski definition) is 4. The highest BCUT2D eigenvalue weighted by molar-refractivity contribution is 7.08. The number of anilines is 1. The number of amides is 1. The van der Waals surface area contributed by atoms with Gasteiger partial charge in [0.05, 0.1) is 24.8 Å². The predicted octanol–water partition coefficient (Wildman–Crippen LogP) is 0.921. The number of likely N-dealkylation sites (N-methyl/N-ethyl adjacent to an activating group) is 1. The molecule has 1 aliphatic rings. The maximum Gasteiger partial charge on any atom is 0.231 e. The van der Waals surface area contributed by atoms with Crippen LogP contribution in [-0.2, 0) is 9.53 Å². The maximum atomic E-state index is 11.9. The van der Waals surface area contributed by atoms with Crippen LogP contribution < -0.4 is 10.6 Å². The van der Waals surface area contributed by atoms with Gasteiger partial charge in [0, 0.05) is 11.4 Å². The van der Waals surface area contributed by atoms with Gasteiger partial charge in [0.15, 0.2) is 0 Å². The molecule has 1 fully saturated rings. The minimum Gasteiger partial charge on any atom is -0.379 e. The zero-order chi connectivity index (χ0) is 10.7. The lowest BCUT2D eigenvalue weighted by molar-refractivity contribution is -0.120. The van der Waals surface area contributed by atoms with Crippen LogP contribution in [0.15, 0.2) is 16.8 Å². The Hall–Kier alpha value is -0.910. The quantitative estimate of drug-likeness (QED) is 0.806. The molecule has 15 heavy (non-hydrogen) atoms. The smallest absolute Gasteiger partial charge is 0.231 e. The van der Waals surface area contributed by atoms with Crippen LogP contribution >= 0.6 is 11.3 Å². The molecular formula is C10H14N2O2S. The third-order valence-electron chi connectivity index (χ3n) is 2.58. The van der Waals surface area contributed by atoms with E-state index in [1.807, 2.05) is 23.9 Å². The predicted molar refractivity (Wildman–Crippen MR) is 60.1 cm³/mol. The zero-order valence-corrected chi connectivity index (χ0v) is 9.34. The Morgan fingerprint density at radius 3 is 3.13 bits per heavy atom. The first-order valence-electron chi connectivity index (χ1n) is 4.89. The lowest BCUT2D eigenvalue weighted by atomic mass is 10.0. The highest BCUT2D eigenvalue weighted by atomic mass is 32.1. The summed E-state index contributed by atoms with van der Waals surface area (Å²) in [4.78, 5) is 11.9. The number of carbonyl (C=O) groups excluding carboxylic acids is 1. The van der Waals surface area contributed by atoms with E-state index in [0.29, 0.717) is 13.2 Å². The Labute approximate surface area is 92.6 Å². The van der Waals surface area contributed by atoms with Crippen molar-refractivity contribution in [1.82, 2.24) is 5.32 Å². The average Bonchev–Trinajstić information content (AvgIpc) is 2.86. The second-order valence-electron chi connectivity index (χ2n) is 3.54. The number of hydrogen-bond donors (Lipinski definition) is 2. The number of carbonyl (C=O) groups is 1. The van der Waals surface area contributed by atoms with Gasteiger partial charge in [0.2, 0.25) is 5.91 Å². The molecule has 2 rings (SSSR count). The van der Waals surface area contributed by atoms with Crippen LogP contribution in [-0.4, -0.2) is 32.2 Å². The summed E-state index contributed by atoms with van der Waals surface area (Å²) in [5.74, 6) is -0.0554. The molecule has 4 nitrogen and oxygen atoms in total. The summed E-state index contributed by atoms with van der Waals surface area (Å²) in [6.07, 6.45) is 0. The summed E-state index contributed by atoms with van der Waals surface area (Å²) < 4.78 is 5.28. The van der Waals surface area contributed by atoms with Gasteiger partial charge in [-0.1, -0.05) is 0 Å². The third-order valence-corrected chi connectivity index (χ3v) is 3.26. The third kappa shape index (κ3) is 2.37. The van der Waals surface area contributed by atoms with Crippen LogP contribution in [0, 0.1) is 5.92 Å². The van der Waals surface area contributed by atoms with E-state index in [4.69, 9.17) is 4.74 Å². The van der Waals surface area contributed by atoms with E-state index in [-0.39, 0.29) is 17.9 Å². The normalized spacial score (nSPS) is 25.4. The first-order valence-corrected chi connectivity index (χ1v) is 5.83. The van der Waals surface area contributed by atoms with Gasteiger partial charge < -0.3 is 15.4 Å². The summed E-state index contributed by atoms with van der Waals surface area (Å²) in [5.41, 5.74) is 0.867. The fourth-order valence-corrected chi connectivity index (χ4v) is 2.26. The number of ether oxygens (including phenoxy) is 1. The molecule has 0 aromatic carbocycles. The van der Waals surface area contributed by atoms with Gasteiger partial charge in [-0.05, 0) is 18.5 Å². The van der Waals surface area contributed by atoms with Crippen molar-refractivity contribution in [2.75, 3.05) is 25.6 Å². The molecule has 1 saturated heterocycles. The summed E-state index contributed by atoms with van der Waals surface area (Å²) in [6.45, 7) is 1.11. The standard InChI is InChI=1S/C10H14N2O2S/c1-11-9-5-14-4-8(9)10(13)12-7-2-3-15-6-7/h2-3,6,8-9,11H,4-5H2,1H3,(H,12,13). The van der Waals surface area contributed by atoms with Crippen LogP contribution in [0.4, 0.5) is 5.69 Å². The largest absolute Gasteiger partial charge is 0.379 e. The molecule has 1 aromatic heterocycles. The number of rotatable bonds is 3. The highest BCUT2D eigenvalue weighted by Crippen LogP contribution is 2.18. The van der Waals surface area contributed by atoms with E-state index in [0.717, 1.165) is 5.69 Å². The first kappa shape index (κ1) is 10.6. The second-order valence-corrected chi connectivity index (χ2v) is 4.32. The molecule has 0 bridgehead atoms. The van der Waals surface area contributed by atoms with E-state index in [1.54, 1.807) is 11.3 Å². The SMILES string of the molecule is CNC1COCC1C(=O)Nc1ccsc1. The van der Waals surface area contributed by atoms with Crippen molar-refractivity contribution in [2.45, 2.75) is 6.04 Å². The molecule has 0 saturated carbocycles. The minimum absolute atomic E-state index is 0.0326. The molecule has 2 atom stereocenters. The van der Waals surface area contributed by atoms with Crippen LogP contribution in [0.5, 0.6) is 0 Å². The van der Waals surface area contributed by atoms with Gasteiger partial charge in [0.1, 0.15) is 0 Å². The molecule has 0 radical (unpaired) electrons. The topological polar surface area (TPSA) is 50.4 Å². The molecule has 82 valence electrons. The molecule has 1 aromatic rings. The Kier molecular flexibility index (Phi) is 3.35. The summed E-state index contributed by atoms with van der Waals surface area (Å²) >= 11 is 1.57. The van der Waals surface area contributed by atoms with Crippen molar-refractivity contribution in [3.8, 4) is 0 Å². The summed E-state index contributed by atoms with van der Waals surface area (Å²) in [5, 5.41) is 9.83. The van der Waals surface area contributed by atoms with Crippen molar-refractivity contribution in [1.29, 1.82) is 0 Å². The molecule has 2 unspecified atom stereocenters. The summed E-state index contributed by atoms with van der Waals surface area (Å²) in [6, 6.07) is 2.02. The second kappa shape index (κ2) is 4.74. The van der Waals surface area contributed by atoms with Crippen molar-refractivity contribution in [3.05, 3.63) is 16.8 Å². The fraction of sp³-hybridized carbons (Fsp3) is 0.500. The lowest BCUT2D eigenvalue weighted by Crippen LogP contribution is -2.39. The van der Waals surface area contributed by atoms with E-state index in [9.17, 15) is 4.79 Å². The monoisotopic (exact) mass is 226 g/mol. The Balaban J connectivity index is 1.96. The van der Waals surface area contributed by atoms with Gasteiger partial charge in [-0.3, -0.25) is 4.79 Å². The molecule has 0 spiro atoms. The molecule has 0 aliphatic carbocycles. The van der Waals surface area contributed by atoms with Crippen molar-refractivity contribution in [3.63, 3.8) is 0 Å². The zero-order valence-electron chi connectivity index (χ0n) is 8.53.